The third kappa shape index (κ3) is 8.25. The van der Waals surface area contributed by atoms with Gasteiger partial charge in [-0.05, 0) is 19.8 Å². The molecule has 10 heteroatoms. The van der Waals surface area contributed by atoms with Crippen LogP contribution in [0, 0.1) is 0 Å². The van der Waals surface area contributed by atoms with E-state index in [4.69, 9.17) is 0 Å². The molecule has 0 heterocycles. The lowest BCUT2D eigenvalue weighted by Crippen LogP contribution is -2.17. The number of hydrogen-bond donors (Lipinski definition) is 0. The second-order valence-electron chi connectivity index (χ2n) is 3.17. The molecule has 0 N–H and O–H groups in total. The van der Waals surface area contributed by atoms with Crippen LogP contribution in [0.15, 0.2) is 0 Å². The first-order valence-electron chi connectivity index (χ1n) is 5.09. The molecule has 0 saturated carbocycles. The highest BCUT2D eigenvalue weighted by Gasteiger charge is 2.18. The molecule has 0 aromatic heterocycles. The third-order valence-electron chi connectivity index (χ3n) is 1.70. The van der Waals surface area contributed by atoms with Gasteiger partial charge in [-0.3, -0.25) is 4.18 Å². The van der Waals surface area contributed by atoms with Gasteiger partial charge < -0.3 is 8.92 Å². The predicted molar refractivity (Wildman–Crippen MR) is 61.9 cm³/mol. The lowest BCUT2D eigenvalue weighted by molar-refractivity contribution is 0.124. The van der Waals surface area contributed by atoms with Crippen LogP contribution in [-0.4, -0.2) is 48.2 Å². The fourth-order valence-corrected chi connectivity index (χ4v) is 2.93. The Hall–Kier alpha value is -0.870. The van der Waals surface area contributed by atoms with Crippen molar-refractivity contribution in [3.05, 3.63) is 0 Å². The Morgan fingerprint density at radius 2 is 1.50 bits per heavy atom. The summed E-state index contributed by atoms with van der Waals surface area (Å²) in [5, 5.41) is 0. The van der Waals surface area contributed by atoms with Crippen LogP contribution in [0.2, 0.25) is 0 Å². The summed E-state index contributed by atoms with van der Waals surface area (Å²) in [6, 6.07) is 0. The number of methoxy groups -OCH3 is 1. The largest absolute Gasteiger partial charge is 0.523 e. The van der Waals surface area contributed by atoms with Gasteiger partial charge in [0, 0.05) is 0 Å². The van der Waals surface area contributed by atoms with Gasteiger partial charge in [-0.15, -0.1) is 0 Å². The second-order valence-corrected chi connectivity index (χ2v) is 6.62. The van der Waals surface area contributed by atoms with E-state index in [0.717, 1.165) is 7.11 Å². The van der Waals surface area contributed by atoms with Crippen molar-refractivity contribution in [3.63, 3.8) is 0 Å². The first-order valence-corrected chi connectivity index (χ1v) is 8.25. The van der Waals surface area contributed by atoms with Gasteiger partial charge in [0.25, 0.3) is 10.1 Å². The van der Waals surface area contributed by atoms with E-state index in [1.165, 1.54) is 6.92 Å². The van der Waals surface area contributed by atoms with Crippen LogP contribution in [0.3, 0.4) is 0 Å². The SMILES string of the molecule is CCOS(=O)(=O)CCCCS(=O)(=O)OC(=O)OC. The van der Waals surface area contributed by atoms with Gasteiger partial charge in [-0.1, -0.05) is 0 Å². The second kappa shape index (κ2) is 7.54. The average Bonchev–Trinajstić information content (AvgIpc) is 2.23. The summed E-state index contributed by atoms with van der Waals surface area (Å²) < 4.78 is 57.0. The van der Waals surface area contributed by atoms with Crippen molar-refractivity contribution in [2.45, 2.75) is 19.8 Å². The molecular weight excluding hydrogens is 288 g/mol. The minimum atomic E-state index is -4.03. The van der Waals surface area contributed by atoms with E-state index in [-0.39, 0.29) is 25.2 Å². The molecular formula is C8H16O8S2. The van der Waals surface area contributed by atoms with Crippen molar-refractivity contribution in [1.82, 2.24) is 0 Å². The lowest BCUT2D eigenvalue weighted by Gasteiger charge is -2.05. The Bertz CT molecular complexity index is 449. The average molecular weight is 304 g/mol. The Labute approximate surface area is 106 Å². The highest BCUT2D eigenvalue weighted by Crippen LogP contribution is 2.04. The number of ether oxygens (including phenoxy) is 1. The predicted octanol–water partition coefficient (Wildman–Crippen LogP) is 0.246. The molecule has 0 amide bonds. The molecule has 8 nitrogen and oxygen atoms in total. The van der Waals surface area contributed by atoms with Crippen molar-refractivity contribution in [2.75, 3.05) is 25.2 Å². The van der Waals surface area contributed by atoms with Crippen molar-refractivity contribution in [3.8, 4) is 0 Å². The van der Waals surface area contributed by atoms with Crippen LogP contribution >= 0.6 is 0 Å². The van der Waals surface area contributed by atoms with E-state index in [1.54, 1.807) is 0 Å². The molecule has 0 atom stereocenters. The van der Waals surface area contributed by atoms with Gasteiger partial charge in [0.2, 0.25) is 0 Å². The minimum absolute atomic E-state index is 0.0334. The zero-order chi connectivity index (χ0) is 14.2. The number of carbonyl (C=O) groups excluding carboxylic acids is 1. The van der Waals surface area contributed by atoms with E-state index in [9.17, 15) is 21.6 Å². The maximum Gasteiger partial charge on any atom is 0.523 e. The number of hydrogen-bond acceptors (Lipinski definition) is 8. The molecule has 0 aliphatic carbocycles. The van der Waals surface area contributed by atoms with Crippen LogP contribution in [0.25, 0.3) is 0 Å². The molecule has 18 heavy (non-hydrogen) atoms. The van der Waals surface area contributed by atoms with E-state index < -0.39 is 32.1 Å². The third-order valence-corrected chi connectivity index (χ3v) is 4.26. The molecule has 0 bridgehead atoms. The molecule has 0 aliphatic heterocycles. The standard InChI is InChI=1S/C8H16O8S2/c1-3-15-17(10,11)6-4-5-7-18(12,13)16-8(9)14-2/h3-7H2,1-2H3. The lowest BCUT2D eigenvalue weighted by atomic mass is 10.4. The van der Waals surface area contributed by atoms with Gasteiger partial charge in [-0.2, -0.15) is 16.8 Å². The summed E-state index contributed by atoms with van der Waals surface area (Å²) in [7, 11) is -6.66. The molecule has 0 aliphatic rings. The monoisotopic (exact) mass is 304 g/mol. The van der Waals surface area contributed by atoms with Crippen molar-refractivity contribution < 1.29 is 34.7 Å². The van der Waals surface area contributed by atoms with Gasteiger partial charge in [0.1, 0.15) is 0 Å². The molecule has 108 valence electrons. The van der Waals surface area contributed by atoms with E-state index in [0.29, 0.717) is 0 Å². The van der Waals surface area contributed by atoms with Gasteiger partial charge in [-0.25, -0.2) is 4.79 Å². The highest BCUT2D eigenvalue weighted by molar-refractivity contribution is 7.87. The molecule has 0 spiro atoms. The summed E-state index contributed by atoms with van der Waals surface area (Å²) in [5.41, 5.74) is 0. The summed E-state index contributed by atoms with van der Waals surface area (Å²) in [5.74, 6) is -0.752. The van der Waals surface area contributed by atoms with E-state index >= 15 is 0 Å². The number of rotatable bonds is 8. The zero-order valence-corrected chi connectivity index (χ0v) is 11.8. The molecule has 0 radical (unpaired) electrons. The van der Waals surface area contributed by atoms with Crippen LogP contribution in [0.4, 0.5) is 4.79 Å². The van der Waals surface area contributed by atoms with Crippen molar-refractivity contribution in [2.24, 2.45) is 0 Å². The molecule has 0 saturated heterocycles. The molecule has 0 rings (SSSR count). The summed E-state index contributed by atoms with van der Waals surface area (Å²) >= 11 is 0. The normalized spacial score (nSPS) is 12.1. The van der Waals surface area contributed by atoms with Crippen LogP contribution in [-0.2, 0) is 33.3 Å². The Morgan fingerprint density at radius 1 is 1.00 bits per heavy atom. The summed E-state index contributed by atoms with van der Waals surface area (Å²) in [6.45, 7) is 1.57. The fraction of sp³-hybridized carbons (Fsp3) is 0.875. The van der Waals surface area contributed by atoms with E-state index in [2.05, 4.69) is 13.1 Å². The zero-order valence-electron chi connectivity index (χ0n) is 10.1. The van der Waals surface area contributed by atoms with Crippen LogP contribution in [0.5, 0.6) is 0 Å². The van der Waals surface area contributed by atoms with Gasteiger partial charge >= 0.3 is 16.3 Å². The Kier molecular flexibility index (Phi) is 7.18. The molecule has 0 aromatic rings. The van der Waals surface area contributed by atoms with Gasteiger partial charge in [0.15, 0.2) is 0 Å². The minimum Gasteiger partial charge on any atom is -0.437 e. The summed E-state index contributed by atoms with van der Waals surface area (Å²) in [4.78, 5) is 10.6. The maximum absolute atomic E-state index is 11.1. The highest BCUT2D eigenvalue weighted by atomic mass is 32.2. The molecule has 0 aromatic carbocycles. The Balaban J connectivity index is 4.02. The first kappa shape index (κ1) is 17.1. The Morgan fingerprint density at radius 3 is 1.94 bits per heavy atom. The topological polar surface area (TPSA) is 113 Å². The van der Waals surface area contributed by atoms with Crippen molar-refractivity contribution >= 4 is 26.4 Å². The number of carbonyl (C=O) groups is 1. The smallest absolute Gasteiger partial charge is 0.437 e. The van der Waals surface area contributed by atoms with Crippen molar-refractivity contribution in [1.29, 1.82) is 0 Å². The fourth-order valence-electron chi connectivity index (χ4n) is 0.976. The molecule has 0 fully saturated rings. The van der Waals surface area contributed by atoms with Gasteiger partial charge in [0.05, 0.1) is 25.2 Å². The number of unbranched alkanes of at least 4 members (excludes halogenated alkanes) is 1. The van der Waals surface area contributed by atoms with E-state index in [1.807, 2.05) is 0 Å². The quantitative estimate of drug-likeness (QED) is 0.356. The first-order chi connectivity index (χ1) is 8.22. The summed E-state index contributed by atoms with van der Waals surface area (Å²) in [6.07, 6.45) is -1.20. The maximum atomic E-state index is 11.1. The molecule has 0 unspecified atom stereocenters. The van der Waals surface area contributed by atoms with Crippen LogP contribution < -0.4 is 0 Å². The van der Waals surface area contributed by atoms with Crippen LogP contribution in [0.1, 0.15) is 19.8 Å².